The average Bonchev–Trinajstić information content (AvgIpc) is 3.43. The maximum atomic E-state index is 5.42. The van der Waals surface area contributed by atoms with E-state index in [1.54, 1.807) is 16.9 Å². The minimum absolute atomic E-state index is 0.254. The number of fused-ring (bicyclic) bond motifs is 1. The normalized spacial score (nSPS) is 11.3. The van der Waals surface area contributed by atoms with Gasteiger partial charge in [0.15, 0.2) is 0 Å². The summed E-state index contributed by atoms with van der Waals surface area (Å²) in [4.78, 5) is 13.1. The molecule has 1 aromatic carbocycles. The Morgan fingerprint density at radius 2 is 1.93 bits per heavy atom. The fourth-order valence-corrected chi connectivity index (χ4v) is 2.87. The molecule has 5 rings (SSSR count). The van der Waals surface area contributed by atoms with Crippen molar-refractivity contribution < 1.29 is 4.52 Å². The van der Waals surface area contributed by atoms with Crippen molar-refractivity contribution in [3.05, 3.63) is 66.2 Å². The van der Waals surface area contributed by atoms with Crippen molar-refractivity contribution in [3.8, 4) is 23.1 Å². The predicted molar refractivity (Wildman–Crippen MR) is 95.6 cm³/mol. The Morgan fingerprint density at radius 3 is 2.78 bits per heavy atom. The molecular weight excluding hydrogens is 344 g/mol. The van der Waals surface area contributed by atoms with Crippen LogP contribution in [-0.2, 0) is 6.54 Å². The van der Waals surface area contributed by atoms with Crippen molar-refractivity contribution in [2.24, 2.45) is 0 Å². The highest BCUT2D eigenvalue weighted by atomic mass is 16.5. The third-order valence-corrected chi connectivity index (χ3v) is 4.20. The average molecular weight is 358 g/mol. The van der Waals surface area contributed by atoms with Crippen LogP contribution in [0.2, 0.25) is 0 Å². The Hall–Kier alpha value is -3.88. The van der Waals surface area contributed by atoms with E-state index in [0.29, 0.717) is 24.0 Å². The van der Waals surface area contributed by atoms with E-state index in [0.717, 1.165) is 16.8 Å². The molecule has 0 aliphatic rings. The second-order valence-corrected chi connectivity index (χ2v) is 6.02. The maximum absolute atomic E-state index is 5.42. The van der Waals surface area contributed by atoms with E-state index in [9.17, 15) is 0 Å². The largest absolute Gasteiger partial charge is 0.330 e. The summed E-state index contributed by atoms with van der Waals surface area (Å²) in [5, 5.41) is 12.8. The van der Waals surface area contributed by atoms with Crippen LogP contribution in [0.25, 0.3) is 28.9 Å². The monoisotopic (exact) mass is 358 g/mol. The summed E-state index contributed by atoms with van der Waals surface area (Å²) >= 11 is 0. The number of rotatable bonds is 4. The molecule has 9 heteroatoms. The molecule has 0 aliphatic carbocycles. The van der Waals surface area contributed by atoms with E-state index in [1.165, 1.54) is 0 Å². The number of aromatic nitrogens is 8. The van der Waals surface area contributed by atoms with Crippen LogP contribution in [-0.4, -0.2) is 39.5 Å². The van der Waals surface area contributed by atoms with Gasteiger partial charge in [0, 0.05) is 29.8 Å². The fraction of sp³-hybridized carbons (Fsp3) is 0.111. The topological polar surface area (TPSA) is 99.8 Å². The zero-order chi connectivity index (χ0) is 18.2. The van der Waals surface area contributed by atoms with Crippen molar-refractivity contribution >= 4 is 5.78 Å². The minimum Gasteiger partial charge on any atom is -0.330 e. The Kier molecular flexibility index (Phi) is 3.49. The molecule has 4 heterocycles. The lowest BCUT2D eigenvalue weighted by Gasteiger charge is -2.06. The Labute approximate surface area is 153 Å². The van der Waals surface area contributed by atoms with Gasteiger partial charge in [-0.2, -0.15) is 15.1 Å². The molecular formula is C18H14N8O. The first-order valence-electron chi connectivity index (χ1n) is 8.36. The number of benzene rings is 1. The zero-order valence-electron chi connectivity index (χ0n) is 14.4. The summed E-state index contributed by atoms with van der Waals surface area (Å²) in [5.41, 5.74) is 2.83. The highest BCUT2D eigenvalue weighted by Gasteiger charge is 2.18. The molecule has 0 N–H and O–H groups in total. The number of hydrogen-bond acceptors (Lipinski definition) is 7. The van der Waals surface area contributed by atoms with Crippen LogP contribution in [0.15, 0.2) is 59.5 Å². The minimum atomic E-state index is 0.254. The molecule has 0 spiro atoms. The zero-order valence-corrected chi connectivity index (χ0v) is 14.4. The first-order chi connectivity index (χ1) is 13.3. The van der Waals surface area contributed by atoms with E-state index in [2.05, 4.69) is 30.3 Å². The van der Waals surface area contributed by atoms with Gasteiger partial charge in [-0.25, -0.2) is 9.50 Å². The smallest absolute Gasteiger partial charge is 0.297 e. The quantitative estimate of drug-likeness (QED) is 0.486. The second-order valence-electron chi connectivity index (χ2n) is 6.02. The Balaban J connectivity index is 1.53. The summed E-state index contributed by atoms with van der Waals surface area (Å²) in [7, 11) is 0. The molecule has 9 nitrogen and oxygen atoms in total. The van der Waals surface area contributed by atoms with Gasteiger partial charge < -0.3 is 4.52 Å². The van der Waals surface area contributed by atoms with Crippen molar-refractivity contribution in [2.45, 2.75) is 13.5 Å². The maximum Gasteiger partial charge on any atom is 0.297 e. The van der Waals surface area contributed by atoms with Crippen LogP contribution in [0.3, 0.4) is 0 Å². The molecule has 0 radical (unpaired) electrons. The molecule has 0 atom stereocenters. The summed E-state index contributed by atoms with van der Waals surface area (Å²) < 4.78 is 8.90. The summed E-state index contributed by atoms with van der Waals surface area (Å²) in [6.07, 6.45) is 5.35. The van der Waals surface area contributed by atoms with Gasteiger partial charge in [0.25, 0.3) is 11.7 Å². The van der Waals surface area contributed by atoms with Gasteiger partial charge in [-0.15, -0.1) is 5.10 Å². The number of aryl methyl sites for hydroxylation is 1. The van der Waals surface area contributed by atoms with Gasteiger partial charge in [0.2, 0.25) is 11.6 Å². The van der Waals surface area contributed by atoms with Gasteiger partial charge >= 0.3 is 0 Å². The van der Waals surface area contributed by atoms with Crippen LogP contribution in [0.4, 0.5) is 0 Å². The van der Waals surface area contributed by atoms with Crippen LogP contribution >= 0.6 is 0 Å². The molecule has 5 aromatic rings. The molecule has 4 aromatic heterocycles. The standard InChI is InChI=1S/C18H14N8O/c1-12-7-9-19-18-22-16(23-26(12)18)17-21-15(24-27-17)14-6-3-2-5-13(14)11-25-10-4-8-20-25/h2-10H,11H2,1H3. The van der Waals surface area contributed by atoms with E-state index >= 15 is 0 Å². The lowest BCUT2D eigenvalue weighted by molar-refractivity contribution is 0.429. The van der Waals surface area contributed by atoms with Crippen LogP contribution < -0.4 is 0 Å². The molecule has 27 heavy (non-hydrogen) atoms. The first kappa shape index (κ1) is 15.4. The number of hydrogen-bond donors (Lipinski definition) is 0. The lowest BCUT2D eigenvalue weighted by Crippen LogP contribution is -2.02. The lowest BCUT2D eigenvalue weighted by atomic mass is 10.1. The fourth-order valence-electron chi connectivity index (χ4n) is 2.87. The summed E-state index contributed by atoms with van der Waals surface area (Å²) in [6, 6.07) is 11.6. The third-order valence-electron chi connectivity index (χ3n) is 4.20. The van der Waals surface area contributed by atoms with Gasteiger partial charge in [-0.05, 0) is 24.6 Å². The Morgan fingerprint density at radius 1 is 1.00 bits per heavy atom. The van der Waals surface area contributed by atoms with E-state index in [-0.39, 0.29) is 5.89 Å². The second kappa shape index (κ2) is 6.13. The summed E-state index contributed by atoms with van der Waals surface area (Å²) in [6.45, 7) is 2.54. The van der Waals surface area contributed by atoms with Crippen LogP contribution in [0.5, 0.6) is 0 Å². The van der Waals surface area contributed by atoms with Crippen LogP contribution in [0.1, 0.15) is 11.3 Å². The van der Waals surface area contributed by atoms with Gasteiger partial charge in [0.1, 0.15) is 0 Å². The molecule has 0 aliphatic heterocycles. The van der Waals surface area contributed by atoms with Crippen molar-refractivity contribution in [2.75, 3.05) is 0 Å². The molecule has 0 saturated carbocycles. The number of nitrogens with zero attached hydrogens (tertiary/aromatic N) is 8. The van der Waals surface area contributed by atoms with E-state index in [1.807, 2.05) is 54.2 Å². The Bertz CT molecular complexity index is 1220. The highest BCUT2D eigenvalue weighted by Crippen LogP contribution is 2.24. The first-order valence-corrected chi connectivity index (χ1v) is 8.36. The SMILES string of the molecule is Cc1ccnc2nc(-c3nc(-c4ccccc4Cn4cccn4)no3)nn12. The van der Waals surface area contributed by atoms with Crippen LogP contribution in [0, 0.1) is 6.92 Å². The highest BCUT2D eigenvalue weighted by molar-refractivity contribution is 5.61. The predicted octanol–water partition coefficient (Wildman–Crippen LogP) is 2.39. The van der Waals surface area contributed by atoms with Gasteiger partial charge in [-0.1, -0.05) is 29.4 Å². The van der Waals surface area contributed by atoms with Crippen molar-refractivity contribution in [1.29, 1.82) is 0 Å². The van der Waals surface area contributed by atoms with Crippen molar-refractivity contribution in [3.63, 3.8) is 0 Å². The molecule has 0 unspecified atom stereocenters. The van der Waals surface area contributed by atoms with Gasteiger partial charge in [-0.3, -0.25) is 4.68 Å². The van der Waals surface area contributed by atoms with Crippen molar-refractivity contribution in [1.82, 2.24) is 39.5 Å². The van der Waals surface area contributed by atoms with E-state index in [4.69, 9.17) is 4.52 Å². The molecule has 0 saturated heterocycles. The summed E-state index contributed by atoms with van der Waals surface area (Å²) in [5.74, 6) is 1.57. The third kappa shape index (κ3) is 2.74. The molecule has 0 fully saturated rings. The molecule has 0 bridgehead atoms. The van der Waals surface area contributed by atoms with E-state index < -0.39 is 0 Å². The van der Waals surface area contributed by atoms with Gasteiger partial charge in [0.05, 0.1) is 6.54 Å². The molecule has 0 amide bonds. The molecule has 132 valence electrons.